The first kappa shape index (κ1) is 19.6. The second-order valence-electron chi connectivity index (χ2n) is 6.57. The Morgan fingerprint density at radius 2 is 1.70 bits per heavy atom. The van der Waals surface area contributed by atoms with Crippen molar-refractivity contribution < 1.29 is 27.5 Å². The van der Waals surface area contributed by atoms with Crippen molar-refractivity contribution in [3.8, 4) is 5.75 Å². The van der Waals surface area contributed by atoms with Crippen LogP contribution < -0.4 is 4.74 Å². The lowest BCUT2D eigenvalue weighted by atomic mass is 10.3. The van der Waals surface area contributed by atoms with E-state index in [0.717, 1.165) is 12.8 Å². The van der Waals surface area contributed by atoms with Crippen molar-refractivity contribution in [3.63, 3.8) is 0 Å². The Bertz CT molecular complexity index is 781. The molecule has 27 heavy (non-hydrogen) atoms. The van der Waals surface area contributed by atoms with Gasteiger partial charge in [-0.25, -0.2) is 8.42 Å². The Balaban J connectivity index is 1.52. The molecular formula is C18H24N2O6S. The number of amides is 1. The summed E-state index contributed by atoms with van der Waals surface area (Å²) >= 11 is 0. The molecule has 1 aromatic carbocycles. The van der Waals surface area contributed by atoms with Crippen LogP contribution in [0.2, 0.25) is 0 Å². The topological polar surface area (TPSA) is 93.2 Å². The second-order valence-corrected chi connectivity index (χ2v) is 8.51. The van der Waals surface area contributed by atoms with Crippen LogP contribution in [-0.4, -0.2) is 68.9 Å². The maximum absolute atomic E-state index is 12.7. The number of benzene rings is 1. The predicted octanol–water partition coefficient (Wildman–Crippen LogP) is 0.871. The van der Waals surface area contributed by atoms with Gasteiger partial charge in [0.2, 0.25) is 10.0 Å². The lowest BCUT2D eigenvalue weighted by Crippen LogP contribution is -2.51. The van der Waals surface area contributed by atoms with Crippen molar-refractivity contribution in [1.29, 1.82) is 0 Å². The van der Waals surface area contributed by atoms with Crippen LogP contribution in [-0.2, 0) is 24.3 Å². The lowest BCUT2D eigenvalue weighted by Gasteiger charge is -2.33. The molecule has 0 N–H and O–H groups in total. The lowest BCUT2D eigenvalue weighted by molar-refractivity contribution is -0.153. The number of hydrogen-bond acceptors (Lipinski definition) is 6. The van der Waals surface area contributed by atoms with Crippen molar-refractivity contribution >= 4 is 21.9 Å². The first-order chi connectivity index (χ1) is 12.9. The zero-order valence-electron chi connectivity index (χ0n) is 15.3. The van der Waals surface area contributed by atoms with Crippen molar-refractivity contribution in [1.82, 2.24) is 9.21 Å². The van der Waals surface area contributed by atoms with Gasteiger partial charge in [0.25, 0.3) is 5.91 Å². The third kappa shape index (κ3) is 4.78. The fourth-order valence-electron chi connectivity index (χ4n) is 2.86. The molecule has 1 heterocycles. The van der Waals surface area contributed by atoms with E-state index < -0.39 is 10.0 Å². The van der Waals surface area contributed by atoms with Crippen LogP contribution in [0.25, 0.3) is 0 Å². The van der Waals surface area contributed by atoms with Gasteiger partial charge in [-0.3, -0.25) is 9.59 Å². The van der Waals surface area contributed by atoms with Crippen LogP contribution >= 0.6 is 0 Å². The number of nitrogens with zero attached hydrogens (tertiary/aromatic N) is 2. The van der Waals surface area contributed by atoms with Crippen molar-refractivity contribution in [3.05, 3.63) is 24.3 Å². The highest BCUT2D eigenvalue weighted by Gasteiger charge is 2.33. The van der Waals surface area contributed by atoms with Crippen molar-refractivity contribution in [2.75, 3.05) is 39.4 Å². The van der Waals surface area contributed by atoms with E-state index in [-0.39, 0.29) is 55.5 Å². The van der Waals surface area contributed by atoms with E-state index in [1.807, 2.05) is 6.92 Å². The molecule has 1 aliphatic heterocycles. The highest BCUT2D eigenvalue weighted by atomic mass is 32.2. The van der Waals surface area contributed by atoms with E-state index in [0.29, 0.717) is 12.4 Å². The second kappa shape index (κ2) is 8.26. The van der Waals surface area contributed by atoms with E-state index >= 15 is 0 Å². The van der Waals surface area contributed by atoms with Gasteiger partial charge in [-0.15, -0.1) is 0 Å². The SMILES string of the molecule is CCOc1ccc(S(=O)(=O)N2CCN(C(=O)COC(=O)C3CC3)CC2)cc1. The van der Waals surface area contributed by atoms with E-state index in [2.05, 4.69) is 0 Å². The summed E-state index contributed by atoms with van der Waals surface area (Å²) < 4.78 is 37.2. The normalized spacial score (nSPS) is 18.2. The average molecular weight is 396 g/mol. The van der Waals surface area contributed by atoms with Crippen LogP contribution in [0.5, 0.6) is 5.75 Å². The van der Waals surface area contributed by atoms with Crippen LogP contribution in [0.4, 0.5) is 0 Å². The number of piperazine rings is 1. The minimum atomic E-state index is -3.62. The Morgan fingerprint density at radius 1 is 1.07 bits per heavy atom. The Kier molecular flexibility index (Phi) is 6.01. The van der Waals surface area contributed by atoms with E-state index in [1.54, 1.807) is 12.1 Å². The molecule has 1 amide bonds. The van der Waals surface area contributed by atoms with Crippen molar-refractivity contribution in [2.24, 2.45) is 5.92 Å². The highest BCUT2D eigenvalue weighted by Crippen LogP contribution is 2.30. The molecule has 0 bridgehead atoms. The van der Waals surface area contributed by atoms with Gasteiger partial charge in [0, 0.05) is 26.2 Å². The van der Waals surface area contributed by atoms with Gasteiger partial charge in [-0.1, -0.05) is 0 Å². The van der Waals surface area contributed by atoms with Crippen LogP contribution in [0, 0.1) is 5.92 Å². The summed E-state index contributed by atoms with van der Waals surface area (Å²) in [5.41, 5.74) is 0. The maximum Gasteiger partial charge on any atom is 0.309 e. The molecule has 1 saturated heterocycles. The van der Waals surface area contributed by atoms with Crippen LogP contribution in [0.3, 0.4) is 0 Å². The largest absolute Gasteiger partial charge is 0.494 e. The Labute approximate surface area is 159 Å². The molecule has 2 fully saturated rings. The third-order valence-corrected chi connectivity index (χ3v) is 6.53. The molecule has 148 valence electrons. The predicted molar refractivity (Wildman–Crippen MR) is 96.6 cm³/mol. The molecule has 0 aromatic heterocycles. The number of hydrogen-bond donors (Lipinski definition) is 0. The zero-order valence-corrected chi connectivity index (χ0v) is 16.1. The minimum Gasteiger partial charge on any atom is -0.494 e. The fourth-order valence-corrected chi connectivity index (χ4v) is 4.28. The molecular weight excluding hydrogens is 372 g/mol. The van der Waals surface area contributed by atoms with Crippen LogP contribution in [0.1, 0.15) is 19.8 Å². The standard InChI is InChI=1S/C18H24N2O6S/c1-2-25-15-5-7-16(8-6-15)27(23,24)20-11-9-19(10-12-20)17(21)13-26-18(22)14-3-4-14/h5-8,14H,2-4,9-13H2,1H3. The summed E-state index contributed by atoms with van der Waals surface area (Å²) in [5, 5.41) is 0. The van der Waals surface area contributed by atoms with Gasteiger partial charge in [0.15, 0.2) is 6.61 Å². The van der Waals surface area contributed by atoms with Gasteiger partial charge in [0.05, 0.1) is 17.4 Å². The summed E-state index contributed by atoms with van der Waals surface area (Å²) in [6.07, 6.45) is 1.66. The summed E-state index contributed by atoms with van der Waals surface area (Å²) in [6.45, 7) is 3.05. The molecule has 0 atom stereocenters. The van der Waals surface area contributed by atoms with Gasteiger partial charge in [-0.2, -0.15) is 4.31 Å². The first-order valence-electron chi connectivity index (χ1n) is 9.09. The Morgan fingerprint density at radius 3 is 2.26 bits per heavy atom. The monoisotopic (exact) mass is 396 g/mol. The number of esters is 1. The molecule has 0 spiro atoms. The minimum absolute atomic E-state index is 0.0473. The van der Waals surface area contributed by atoms with E-state index in [1.165, 1.54) is 21.3 Å². The number of carbonyl (C=O) groups excluding carboxylic acids is 2. The van der Waals surface area contributed by atoms with E-state index in [9.17, 15) is 18.0 Å². The molecule has 1 saturated carbocycles. The zero-order chi connectivity index (χ0) is 19.4. The van der Waals surface area contributed by atoms with E-state index in [4.69, 9.17) is 9.47 Å². The van der Waals surface area contributed by atoms with Gasteiger partial charge in [0.1, 0.15) is 5.75 Å². The molecule has 3 rings (SSSR count). The summed E-state index contributed by atoms with van der Waals surface area (Å²) in [4.78, 5) is 25.4. The van der Waals surface area contributed by atoms with Crippen molar-refractivity contribution in [2.45, 2.75) is 24.7 Å². The number of rotatable bonds is 7. The number of carbonyl (C=O) groups is 2. The molecule has 1 aliphatic carbocycles. The molecule has 9 heteroatoms. The van der Waals surface area contributed by atoms with Crippen LogP contribution in [0.15, 0.2) is 29.2 Å². The van der Waals surface area contributed by atoms with Gasteiger partial charge < -0.3 is 14.4 Å². The highest BCUT2D eigenvalue weighted by molar-refractivity contribution is 7.89. The molecule has 8 nitrogen and oxygen atoms in total. The molecule has 0 radical (unpaired) electrons. The van der Waals surface area contributed by atoms with Gasteiger partial charge in [-0.05, 0) is 44.0 Å². The number of ether oxygens (including phenoxy) is 2. The third-order valence-electron chi connectivity index (χ3n) is 4.61. The Hall–Kier alpha value is -2.13. The fraction of sp³-hybridized carbons (Fsp3) is 0.556. The number of sulfonamides is 1. The molecule has 2 aliphatic rings. The molecule has 0 unspecified atom stereocenters. The summed E-state index contributed by atoms with van der Waals surface area (Å²) in [5.74, 6) is -0.0382. The maximum atomic E-state index is 12.7. The summed E-state index contributed by atoms with van der Waals surface area (Å²) in [7, 11) is -3.62. The smallest absolute Gasteiger partial charge is 0.309 e. The average Bonchev–Trinajstić information content (AvgIpc) is 3.52. The summed E-state index contributed by atoms with van der Waals surface area (Å²) in [6, 6.07) is 6.30. The first-order valence-corrected chi connectivity index (χ1v) is 10.5. The quantitative estimate of drug-likeness (QED) is 0.635. The molecule has 1 aromatic rings. The van der Waals surface area contributed by atoms with Gasteiger partial charge >= 0.3 is 5.97 Å².